The van der Waals surface area contributed by atoms with E-state index in [1.54, 1.807) is 0 Å². The van der Waals surface area contributed by atoms with Crippen molar-refractivity contribution in [2.45, 2.75) is 38.3 Å². The second-order valence-electron chi connectivity index (χ2n) is 3.47. The largest absolute Gasteiger partial charge is 0.446 e. The molecule has 1 saturated heterocycles. The lowest BCUT2D eigenvalue weighted by molar-refractivity contribution is 0.0356. The number of amides is 1. The highest BCUT2D eigenvalue weighted by Crippen LogP contribution is 2.33. The summed E-state index contributed by atoms with van der Waals surface area (Å²) in [6.07, 6.45) is 3.43. The van der Waals surface area contributed by atoms with Crippen molar-refractivity contribution in [3.63, 3.8) is 0 Å². The van der Waals surface area contributed by atoms with Gasteiger partial charge in [-0.3, -0.25) is 0 Å². The summed E-state index contributed by atoms with van der Waals surface area (Å²) >= 11 is 0. The van der Waals surface area contributed by atoms with Crippen LogP contribution in [0.25, 0.3) is 0 Å². The van der Waals surface area contributed by atoms with Gasteiger partial charge < -0.3 is 10.1 Å². The third-order valence-corrected chi connectivity index (χ3v) is 2.75. The van der Waals surface area contributed by atoms with Crippen LogP contribution in [-0.2, 0) is 4.74 Å². The molecule has 0 aromatic carbocycles. The molecule has 1 heterocycles. The van der Waals surface area contributed by atoms with Crippen molar-refractivity contribution < 1.29 is 9.53 Å². The molecule has 0 aromatic rings. The maximum atomic E-state index is 10.9. The maximum absolute atomic E-state index is 10.9. The number of rotatable bonds is 0. The van der Waals surface area contributed by atoms with Gasteiger partial charge in [0.1, 0.15) is 6.10 Å². The minimum Gasteiger partial charge on any atom is -0.446 e. The lowest BCUT2D eigenvalue weighted by atomic mass is 9.96. The van der Waals surface area contributed by atoms with Gasteiger partial charge in [-0.1, -0.05) is 0 Å². The van der Waals surface area contributed by atoms with Gasteiger partial charge in [0, 0.05) is 12.0 Å². The first-order valence-electron chi connectivity index (χ1n) is 4.24. The topological polar surface area (TPSA) is 38.3 Å². The van der Waals surface area contributed by atoms with Crippen molar-refractivity contribution in [2.75, 3.05) is 0 Å². The van der Waals surface area contributed by atoms with E-state index in [9.17, 15) is 4.79 Å². The number of carbonyl (C=O) groups excluding carboxylic acids is 1. The third kappa shape index (κ3) is 1.08. The summed E-state index contributed by atoms with van der Waals surface area (Å²) < 4.78 is 5.13. The lowest BCUT2D eigenvalue weighted by Crippen LogP contribution is -2.48. The molecule has 3 heteroatoms. The molecule has 3 atom stereocenters. The van der Waals surface area contributed by atoms with E-state index in [0.29, 0.717) is 12.0 Å². The van der Waals surface area contributed by atoms with E-state index in [4.69, 9.17) is 4.74 Å². The van der Waals surface area contributed by atoms with E-state index in [2.05, 4.69) is 12.2 Å². The summed E-state index contributed by atoms with van der Waals surface area (Å²) in [7, 11) is 0. The van der Waals surface area contributed by atoms with Crippen LogP contribution in [0.1, 0.15) is 26.2 Å². The zero-order valence-electron chi connectivity index (χ0n) is 6.67. The molecule has 62 valence electrons. The first-order chi connectivity index (χ1) is 5.27. The van der Waals surface area contributed by atoms with Crippen LogP contribution in [0, 0.1) is 5.92 Å². The molecule has 3 nitrogen and oxygen atoms in total. The van der Waals surface area contributed by atoms with Gasteiger partial charge in [-0.25, -0.2) is 4.79 Å². The van der Waals surface area contributed by atoms with Gasteiger partial charge in [0.2, 0.25) is 0 Å². The molecule has 1 saturated carbocycles. The lowest BCUT2D eigenvalue weighted by Gasteiger charge is -2.31. The maximum Gasteiger partial charge on any atom is 0.407 e. The highest BCUT2D eigenvalue weighted by Gasteiger charge is 2.38. The highest BCUT2D eigenvalue weighted by molar-refractivity contribution is 5.68. The van der Waals surface area contributed by atoms with E-state index in [1.165, 1.54) is 12.8 Å². The molecular formula is C8H13NO2. The molecule has 2 aliphatic rings. The van der Waals surface area contributed by atoms with E-state index < -0.39 is 0 Å². The fraction of sp³-hybridized carbons (Fsp3) is 0.875. The van der Waals surface area contributed by atoms with Crippen LogP contribution < -0.4 is 5.32 Å². The average molecular weight is 155 g/mol. The Kier molecular flexibility index (Phi) is 1.51. The molecular weight excluding hydrogens is 142 g/mol. The normalized spacial score (nSPS) is 42.6. The molecule has 1 aliphatic carbocycles. The van der Waals surface area contributed by atoms with Gasteiger partial charge >= 0.3 is 6.09 Å². The Hall–Kier alpha value is -0.730. The van der Waals surface area contributed by atoms with Crippen LogP contribution in [0.3, 0.4) is 0 Å². The highest BCUT2D eigenvalue weighted by atomic mass is 16.6. The fourth-order valence-corrected chi connectivity index (χ4v) is 2.14. The molecule has 2 rings (SSSR count). The predicted octanol–water partition coefficient (Wildman–Crippen LogP) is 1.28. The summed E-state index contributed by atoms with van der Waals surface area (Å²) in [5.41, 5.74) is 0. The van der Waals surface area contributed by atoms with Crippen LogP contribution in [0.2, 0.25) is 0 Å². The molecule has 0 radical (unpaired) electrons. The van der Waals surface area contributed by atoms with E-state index in [-0.39, 0.29) is 12.2 Å². The summed E-state index contributed by atoms with van der Waals surface area (Å²) in [5, 5.41) is 2.79. The summed E-state index contributed by atoms with van der Waals surface area (Å²) in [4.78, 5) is 10.9. The number of hydrogen-bond acceptors (Lipinski definition) is 2. The minimum absolute atomic E-state index is 0.207. The number of nitrogens with one attached hydrogen (secondary N) is 1. The van der Waals surface area contributed by atoms with Crippen LogP contribution in [0.5, 0.6) is 0 Å². The third-order valence-electron chi connectivity index (χ3n) is 2.75. The first-order valence-corrected chi connectivity index (χ1v) is 4.24. The average Bonchev–Trinajstić information content (AvgIpc) is 2.34. The molecule has 0 spiro atoms. The standard InChI is InChI=1S/C8H13NO2/c1-5-6-3-2-4-7(6)11-8(10)9-5/h5-7H,2-4H2,1H3,(H,9,10). The molecule has 1 N–H and O–H groups in total. The zero-order valence-corrected chi connectivity index (χ0v) is 6.67. The van der Waals surface area contributed by atoms with Gasteiger partial charge in [0.25, 0.3) is 0 Å². The molecule has 1 amide bonds. The number of carbonyl (C=O) groups is 1. The van der Waals surface area contributed by atoms with Crippen LogP contribution in [0.15, 0.2) is 0 Å². The van der Waals surface area contributed by atoms with Gasteiger partial charge in [-0.2, -0.15) is 0 Å². The zero-order chi connectivity index (χ0) is 7.84. The van der Waals surface area contributed by atoms with Gasteiger partial charge in [-0.05, 0) is 26.2 Å². The van der Waals surface area contributed by atoms with Crippen LogP contribution >= 0.6 is 0 Å². The fourth-order valence-electron chi connectivity index (χ4n) is 2.14. The molecule has 2 fully saturated rings. The molecule has 0 aromatic heterocycles. The Morgan fingerprint density at radius 2 is 2.36 bits per heavy atom. The SMILES string of the molecule is CC1NC(=O)OC2CCCC12. The number of alkyl carbamates (subject to hydrolysis) is 1. The van der Waals surface area contributed by atoms with Gasteiger partial charge in [0.05, 0.1) is 0 Å². The Balaban J connectivity index is 2.10. The van der Waals surface area contributed by atoms with E-state index in [0.717, 1.165) is 6.42 Å². The summed E-state index contributed by atoms with van der Waals surface area (Å²) in [6, 6.07) is 0.309. The minimum atomic E-state index is -0.236. The molecule has 3 unspecified atom stereocenters. The number of ether oxygens (including phenoxy) is 1. The van der Waals surface area contributed by atoms with Crippen molar-refractivity contribution in [1.82, 2.24) is 5.32 Å². The van der Waals surface area contributed by atoms with E-state index >= 15 is 0 Å². The van der Waals surface area contributed by atoms with Gasteiger partial charge in [-0.15, -0.1) is 0 Å². The Bertz CT molecular complexity index is 181. The Labute approximate surface area is 66.1 Å². The number of fused-ring (bicyclic) bond motifs is 1. The van der Waals surface area contributed by atoms with Crippen LogP contribution in [0.4, 0.5) is 4.79 Å². The van der Waals surface area contributed by atoms with Crippen molar-refractivity contribution in [3.8, 4) is 0 Å². The second-order valence-corrected chi connectivity index (χ2v) is 3.47. The van der Waals surface area contributed by atoms with Crippen molar-refractivity contribution in [2.24, 2.45) is 5.92 Å². The van der Waals surface area contributed by atoms with Crippen molar-refractivity contribution in [3.05, 3.63) is 0 Å². The molecule has 1 aliphatic heterocycles. The molecule has 11 heavy (non-hydrogen) atoms. The van der Waals surface area contributed by atoms with Crippen LogP contribution in [-0.4, -0.2) is 18.2 Å². The monoisotopic (exact) mass is 155 g/mol. The van der Waals surface area contributed by atoms with Crippen molar-refractivity contribution in [1.29, 1.82) is 0 Å². The summed E-state index contributed by atoms with van der Waals surface area (Å²) in [5.74, 6) is 0.563. The summed E-state index contributed by atoms with van der Waals surface area (Å²) in [6.45, 7) is 2.06. The number of hydrogen-bond donors (Lipinski definition) is 1. The first kappa shape index (κ1) is 6.95. The van der Waals surface area contributed by atoms with Crippen molar-refractivity contribution >= 4 is 6.09 Å². The predicted molar refractivity (Wildman–Crippen MR) is 40.2 cm³/mol. The molecule has 0 bridgehead atoms. The quantitative estimate of drug-likeness (QED) is 0.572. The smallest absolute Gasteiger partial charge is 0.407 e. The Morgan fingerprint density at radius 3 is 3.18 bits per heavy atom. The Morgan fingerprint density at radius 1 is 1.55 bits per heavy atom. The van der Waals surface area contributed by atoms with Gasteiger partial charge in [0.15, 0.2) is 0 Å². The van der Waals surface area contributed by atoms with E-state index in [1.807, 2.05) is 0 Å². The second kappa shape index (κ2) is 2.40.